The first-order valence-electron chi connectivity index (χ1n) is 11.1. The lowest BCUT2D eigenvalue weighted by molar-refractivity contribution is -0.509. The smallest absolute Gasteiger partial charge is 0.366 e. The number of H-pyrrole nitrogens is 1. The van der Waals surface area contributed by atoms with Crippen LogP contribution in [-0.4, -0.2) is 57.3 Å². The molecule has 3 N–H and O–H groups in total. The van der Waals surface area contributed by atoms with Crippen LogP contribution in [0.2, 0.25) is 0 Å². The van der Waals surface area contributed by atoms with E-state index in [4.69, 9.17) is 4.74 Å². The number of aryl methyl sites for hydroxylation is 2. The molecule has 0 bridgehead atoms. The average molecular weight is 469 g/mol. The van der Waals surface area contributed by atoms with Crippen molar-refractivity contribution in [1.82, 2.24) is 20.1 Å². The molecule has 3 aromatic rings. The van der Waals surface area contributed by atoms with E-state index in [1.807, 2.05) is 45.2 Å². The van der Waals surface area contributed by atoms with Crippen LogP contribution in [0.5, 0.6) is 5.75 Å². The number of aromatic amines is 1. The monoisotopic (exact) mass is 468 g/mol. The molecule has 1 fully saturated rings. The minimum absolute atomic E-state index is 0.0312. The molecule has 33 heavy (non-hydrogen) atoms. The predicted octanol–water partition coefficient (Wildman–Crippen LogP) is 1.47. The van der Waals surface area contributed by atoms with Crippen molar-refractivity contribution in [2.24, 2.45) is 0 Å². The zero-order valence-electron chi connectivity index (χ0n) is 19.4. The van der Waals surface area contributed by atoms with Crippen molar-refractivity contribution in [1.29, 1.82) is 0 Å². The SMILES string of the molecule is CCc1c(COc2ccc(C(O)=[NH+][C@@H]3CN(C)C[C@@H]3c3n[nH]c(=O)s3)cc2)cc(C)nc1C. The molecule has 174 valence electrons. The van der Waals surface area contributed by atoms with Gasteiger partial charge in [0.05, 0.1) is 18.0 Å². The molecule has 1 aromatic carbocycles. The maximum Gasteiger partial charge on any atom is 0.366 e. The first-order valence-corrected chi connectivity index (χ1v) is 11.9. The van der Waals surface area contributed by atoms with Crippen LogP contribution in [0.15, 0.2) is 35.1 Å². The highest BCUT2D eigenvalue weighted by molar-refractivity contribution is 7.08. The molecule has 3 heterocycles. The van der Waals surface area contributed by atoms with Gasteiger partial charge in [0.15, 0.2) is 6.04 Å². The van der Waals surface area contributed by atoms with E-state index in [9.17, 15) is 9.90 Å². The molecule has 2 atom stereocenters. The predicted molar refractivity (Wildman–Crippen MR) is 128 cm³/mol. The number of rotatable bonds is 7. The van der Waals surface area contributed by atoms with Crippen LogP contribution < -0.4 is 14.6 Å². The van der Waals surface area contributed by atoms with E-state index in [1.54, 1.807) is 0 Å². The van der Waals surface area contributed by atoms with Gasteiger partial charge in [-0.05, 0) is 68.8 Å². The Morgan fingerprint density at radius 1 is 1.30 bits per heavy atom. The maximum absolute atomic E-state index is 11.5. The normalized spacial score (nSPS) is 19.2. The molecule has 9 heteroatoms. The van der Waals surface area contributed by atoms with Crippen LogP contribution in [0, 0.1) is 13.8 Å². The molecule has 8 nitrogen and oxygen atoms in total. The zero-order valence-corrected chi connectivity index (χ0v) is 20.2. The van der Waals surface area contributed by atoms with Crippen molar-refractivity contribution in [3.05, 3.63) is 73.1 Å². The molecule has 0 unspecified atom stereocenters. The number of aromatic nitrogens is 3. The van der Waals surface area contributed by atoms with Gasteiger partial charge in [0.2, 0.25) is 0 Å². The lowest BCUT2D eigenvalue weighted by Crippen LogP contribution is -2.82. The van der Waals surface area contributed by atoms with Crippen molar-refractivity contribution < 1.29 is 14.8 Å². The summed E-state index contributed by atoms with van der Waals surface area (Å²) in [6, 6.07) is 9.42. The lowest BCUT2D eigenvalue weighted by Gasteiger charge is -2.13. The highest BCUT2D eigenvalue weighted by Crippen LogP contribution is 2.24. The van der Waals surface area contributed by atoms with Crippen molar-refractivity contribution in [3.63, 3.8) is 0 Å². The first kappa shape index (κ1) is 23.1. The highest BCUT2D eigenvalue weighted by Gasteiger charge is 2.39. The Hall–Kier alpha value is -3.04. The largest absolute Gasteiger partial charge is 0.489 e. The van der Waals surface area contributed by atoms with Gasteiger partial charge in [-0.1, -0.05) is 18.3 Å². The Morgan fingerprint density at radius 3 is 2.73 bits per heavy atom. The number of aliphatic hydroxyl groups excluding tert-OH is 1. The fraction of sp³-hybridized carbons (Fsp3) is 0.417. The van der Waals surface area contributed by atoms with Crippen LogP contribution >= 0.6 is 11.3 Å². The van der Waals surface area contributed by atoms with Gasteiger partial charge in [-0.2, -0.15) is 5.10 Å². The standard InChI is InChI=1S/C24H29N5O3S/c1-5-19-15(3)25-14(2)10-17(19)13-32-18-8-6-16(7-9-18)22(30)26-21-12-29(4)11-20(21)23-27-28-24(31)33-23/h6-10,20-21H,5,11-13H2,1-4H3,(H,26,30)(H,28,31)/p+1/t20-,21+/m0/s1. The molecule has 4 rings (SSSR count). The van der Waals surface area contributed by atoms with E-state index >= 15 is 0 Å². The summed E-state index contributed by atoms with van der Waals surface area (Å²) in [5.41, 5.74) is 5.10. The van der Waals surface area contributed by atoms with Crippen molar-refractivity contribution in [2.75, 3.05) is 20.1 Å². The van der Waals surface area contributed by atoms with Gasteiger partial charge in [-0.3, -0.25) is 14.7 Å². The number of aliphatic hydroxyl groups is 1. The fourth-order valence-electron chi connectivity index (χ4n) is 4.47. The van der Waals surface area contributed by atoms with Gasteiger partial charge >= 0.3 is 10.8 Å². The second-order valence-electron chi connectivity index (χ2n) is 8.53. The quantitative estimate of drug-likeness (QED) is 0.358. The van der Waals surface area contributed by atoms with E-state index in [1.165, 1.54) is 5.56 Å². The molecule has 2 aromatic heterocycles. The van der Waals surface area contributed by atoms with Crippen LogP contribution in [0.4, 0.5) is 0 Å². The van der Waals surface area contributed by atoms with E-state index in [0.717, 1.165) is 58.6 Å². The van der Waals surface area contributed by atoms with E-state index < -0.39 is 0 Å². The molecular formula is C24H30N5O3S+. The minimum atomic E-state index is -0.162. The van der Waals surface area contributed by atoms with Crippen LogP contribution in [0.3, 0.4) is 0 Å². The summed E-state index contributed by atoms with van der Waals surface area (Å²) in [7, 11) is 2.02. The van der Waals surface area contributed by atoms with Gasteiger partial charge in [0.25, 0.3) is 0 Å². The number of ether oxygens (including phenoxy) is 1. The number of pyridine rings is 1. The van der Waals surface area contributed by atoms with Crippen molar-refractivity contribution in [3.8, 4) is 5.75 Å². The molecular weight excluding hydrogens is 438 g/mol. The number of likely N-dealkylation sites (N-methyl/N-ethyl adjacent to an activating group) is 1. The molecule has 1 aliphatic rings. The Balaban J connectivity index is 1.45. The van der Waals surface area contributed by atoms with E-state index in [-0.39, 0.29) is 22.7 Å². The molecule has 0 aliphatic carbocycles. The topological polar surface area (TPSA) is 105 Å². The minimum Gasteiger partial charge on any atom is -0.489 e. The third-order valence-electron chi connectivity index (χ3n) is 6.02. The van der Waals surface area contributed by atoms with Gasteiger partial charge in [0.1, 0.15) is 17.4 Å². The Morgan fingerprint density at radius 2 is 2.06 bits per heavy atom. The van der Waals surface area contributed by atoms with Gasteiger partial charge in [-0.15, -0.1) is 0 Å². The molecule has 0 saturated carbocycles. The number of likely N-dealkylation sites (tertiary alicyclic amines) is 1. The summed E-state index contributed by atoms with van der Waals surface area (Å²) >= 11 is 1.12. The van der Waals surface area contributed by atoms with Gasteiger partial charge < -0.3 is 9.84 Å². The maximum atomic E-state index is 11.5. The summed E-state index contributed by atoms with van der Waals surface area (Å²) in [6.07, 6.45) is 0.914. The second-order valence-corrected chi connectivity index (χ2v) is 9.53. The third-order valence-corrected chi connectivity index (χ3v) is 6.90. The number of nitrogens with one attached hydrogen (secondary N) is 2. The van der Waals surface area contributed by atoms with Crippen LogP contribution in [0.1, 0.15) is 45.9 Å². The first-order chi connectivity index (χ1) is 15.8. The summed E-state index contributed by atoms with van der Waals surface area (Å²) in [4.78, 5) is 21.3. The van der Waals surface area contributed by atoms with Gasteiger partial charge in [-0.25, -0.2) is 10.1 Å². The molecule has 0 spiro atoms. The van der Waals surface area contributed by atoms with Crippen LogP contribution in [0.25, 0.3) is 0 Å². The van der Waals surface area contributed by atoms with E-state index in [0.29, 0.717) is 12.2 Å². The Bertz CT molecular complexity index is 1200. The number of benzene rings is 1. The van der Waals surface area contributed by atoms with E-state index in [2.05, 4.69) is 38.1 Å². The highest BCUT2D eigenvalue weighted by atomic mass is 32.1. The second kappa shape index (κ2) is 9.84. The lowest BCUT2D eigenvalue weighted by atomic mass is 10.0. The Labute approximate surface area is 197 Å². The molecule has 0 amide bonds. The summed E-state index contributed by atoms with van der Waals surface area (Å²) in [6.45, 7) is 8.15. The Kier molecular flexibility index (Phi) is 6.90. The van der Waals surface area contributed by atoms with Gasteiger partial charge in [0, 0.05) is 17.9 Å². The summed E-state index contributed by atoms with van der Waals surface area (Å²) in [5, 5.41) is 18.1. The number of nitrogens with zero attached hydrogens (tertiary/aromatic N) is 3. The summed E-state index contributed by atoms with van der Waals surface area (Å²) < 4.78 is 6.02. The third kappa shape index (κ3) is 5.31. The fourth-order valence-corrected chi connectivity index (χ4v) is 5.24. The summed E-state index contributed by atoms with van der Waals surface area (Å²) in [5.74, 6) is 0.868. The number of hydrogen-bond acceptors (Lipinski definition) is 6. The van der Waals surface area contributed by atoms with Crippen molar-refractivity contribution >= 4 is 17.2 Å². The molecule has 1 aliphatic heterocycles. The average Bonchev–Trinajstić information content (AvgIpc) is 3.37. The van der Waals surface area contributed by atoms with Crippen molar-refractivity contribution in [2.45, 2.75) is 45.8 Å². The number of hydrogen-bond donors (Lipinski definition) is 3. The van der Waals surface area contributed by atoms with Crippen LogP contribution in [-0.2, 0) is 13.0 Å². The molecule has 1 saturated heterocycles. The zero-order chi connectivity index (χ0) is 23.5. The molecule has 0 radical (unpaired) electrons.